The lowest BCUT2D eigenvalue weighted by atomic mass is 9.83. The molecule has 1 aliphatic carbocycles. The standard InChI is InChI=1S/C31H37ClFN3O11/c1-13(29(41)35-21-22(37)24(39)27-26(23(21)38)43-12-44-27)8-15-4-7-20(19(34)9-15)46-30-31(3,42)28(40)25(47-30)14(2)36-45-11-16-10-17(33)5-6-18(16)32/h4-10,21-28,30,37-40,42H,11-12,34H2,1-3H3,(H,35,41)/b13-8+,36-14-/t21-,22+,23-,24-,25-,26+,27-,28-,30-,31-/m1/s1. The van der Waals surface area contributed by atoms with Crippen molar-refractivity contribution < 1.29 is 58.5 Å². The molecule has 3 aliphatic rings. The molecule has 256 valence electrons. The number of carbonyl (C=O) groups excluding carboxylic acids is 1. The number of amides is 1. The minimum Gasteiger partial charge on any atom is -0.459 e. The van der Waals surface area contributed by atoms with E-state index in [0.717, 1.165) is 0 Å². The molecular weight excluding hydrogens is 645 g/mol. The highest BCUT2D eigenvalue weighted by Crippen LogP contribution is 2.36. The maximum Gasteiger partial charge on any atom is 0.247 e. The molecule has 5 rings (SSSR count). The van der Waals surface area contributed by atoms with Crippen LogP contribution in [0.2, 0.25) is 5.02 Å². The maximum absolute atomic E-state index is 13.5. The Balaban J connectivity index is 1.21. The third kappa shape index (κ3) is 7.23. The van der Waals surface area contributed by atoms with E-state index in [1.807, 2.05) is 0 Å². The summed E-state index contributed by atoms with van der Waals surface area (Å²) in [5, 5.41) is 60.0. The number of nitrogen functional groups attached to an aromatic ring is 1. The number of oxime groups is 1. The van der Waals surface area contributed by atoms with E-state index >= 15 is 0 Å². The highest BCUT2D eigenvalue weighted by atomic mass is 35.5. The predicted molar refractivity (Wildman–Crippen MR) is 164 cm³/mol. The van der Waals surface area contributed by atoms with Crippen LogP contribution in [0.4, 0.5) is 10.1 Å². The second-order valence-electron chi connectivity index (χ2n) is 11.9. The molecule has 2 aliphatic heterocycles. The number of anilines is 1. The van der Waals surface area contributed by atoms with Gasteiger partial charge >= 0.3 is 0 Å². The third-order valence-electron chi connectivity index (χ3n) is 8.39. The van der Waals surface area contributed by atoms with Crippen LogP contribution in [0, 0.1) is 5.82 Å². The van der Waals surface area contributed by atoms with Crippen LogP contribution in [0.5, 0.6) is 5.75 Å². The molecule has 2 heterocycles. The number of nitrogens with zero attached hydrogens (tertiary/aromatic N) is 1. The van der Waals surface area contributed by atoms with Gasteiger partial charge in [-0.1, -0.05) is 22.8 Å². The normalized spacial score (nSPS) is 34.2. The molecule has 2 saturated heterocycles. The van der Waals surface area contributed by atoms with Crippen LogP contribution < -0.4 is 15.8 Å². The van der Waals surface area contributed by atoms with Crippen molar-refractivity contribution in [3.8, 4) is 5.75 Å². The molecule has 1 saturated carbocycles. The molecule has 8 N–H and O–H groups in total. The third-order valence-corrected chi connectivity index (χ3v) is 8.76. The van der Waals surface area contributed by atoms with Gasteiger partial charge in [0.1, 0.15) is 67.7 Å². The van der Waals surface area contributed by atoms with Crippen molar-refractivity contribution in [1.82, 2.24) is 5.32 Å². The molecule has 16 heteroatoms. The summed E-state index contributed by atoms with van der Waals surface area (Å²) in [4.78, 5) is 18.2. The van der Waals surface area contributed by atoms with E-state index in [9.17, 15) is 34.7 Å². The van der Waals surface area contributed by atoms with Crippen LogP contribution in [0.1, 0.15) is 31.9 Å². The molecule has 1 amide bonds. The van der Waals surface area contributed by atoms with Gasteiger partial charge in [0.05, 0.1) is 17.4 Å². The number of aliphatic hydroxyl groups excluding tert-OH is 4. The number of hydrogen-bond acceptors (Lipinski definition) is 13. The minimum absolute atomic E-state index is 0.116. The topological polar surface area (TPSA) is 215 Å². The monoisotopic (exact) mass is 681 g/mol. The molecule has 3 fully saturated rings. The van der Waals surface area contributed by atoms with Crippen molar-refractivity contribution in [2.24, 2.45) is 5.16 Å². The van der Waals surface area contributed by atoms with Crippen LogP contribution >= 0.6 is 11.6 Å². The van der Waals surface area contributed by atoms with Crippen LogP contribution in [-0.4, -0.2) is 105 Å². The Kier molecular flexibility index (Phi) is 10.4. The number of ether oxygens (including phenoxy) is 4. The minimum atomic E-state index is -1.90. The molecule has 0 unspecified atom stereocenters. The summed E-state index contributed by atoms with van der Waals surface area (Å²) in [5.74, 6) is -0.994. The quantitative estimate of drug-likeness (QED) is 0.0839. The van der Waals surface area contributed by atoms with Crippen molar-refractivity contribution in [1.29, 1.82) is 0 Å². The summed E-state index contributed by atoms with van der Waals surface area (Å²) in [6.45, 7) is 4.05. The predicted octanol–water partition coefficient (Wildman–Crippen LogP) is 0.595. The van der Waals surface area contributed by atoms with Gasteiger partial charge in [0.15, 0.2) is 5.60 Å². The largest absolute Gasteiger partial charge is 0.459 e. The molecule has 2 aromatic carbocycles. The number of nitrogens with two attached hydrogens (primary N) is 1. The Labute approximate surface area is 274 Å². The lowest BCUT2D eigenvalue weighted by molar-refractivity contribution is -0.155. The first kappa shape index (κ1) is 34.9. The van der Waals surface area contributed by atoms with E-state index in [1.165, 1.54) is 57.2 Å². The Morgan fingerprint density at radius 2 is 1.83 bits per heavy atom. The van der Waals surface area contributed by atoms with E-state index in [2.05, 4.69) is 10.5 Å². The summed E-state index contributed by atoms with van der Waals surface area (Å²) >= 11 is 6.05. The van der Waals surface area contributed by atoms with Crippen LogP contribution in [0.15, 0.2) is 47.1 Å². The number of nitrogens with one attached hydrogen (secondary N) is 1. The Bertz CT molecular complexity index is 1540. The van der Waals surface area contributed by atoms with Crippen LogP contribution in [-0.2, 0) is 30.4 Å². The Hall–Kier alpha value is -3.38. The van der Waals surface area contributed by atoms with E-state index < -0.39 is 72.4 Å². The molecule has 14 nitrogen and oxygen atoms in total. The van der Waals surface area contributed by atoms with Crippen molar-refractivity contribution in [3.63, 3.8) is 0 Å². The molecule has 0 radical (unpaired) electrons. The molecule has 0 spiro atoms. The molecule has 0 bridgehead atoms. The van der Waals surface area contributed by atoms with E-state index in [1.54, 1.807) is 6.07 Å². The summed E-state index contributed by atoms with van der Waals surface area (Å²) in [6.07, 6.45) is -8.47. The zero-order valence-corrected chi connectivity index (χ0v) is 26.4. The van der Waals surface area contributed by atoms with Gasteiger partial charge in [0.2, 0.25) is 12.2 Å². The fourth-order valence-corrected chi connectivity index (χ4v) is 5.76. The van der Waals surface area contributed by atoms with E-state index in [4.69, 9.17) is 41.1 Å². The van der Waals surface area contributed by atoms with E-state index in [0.29, 0.717) is 16.1 Å². The first-order chi connectivity index (χ1) is 22.2. The van der Waals surface area contributed by atoms with Crippen LogP contribution in [0.25, 0.3) is 6.08 Å². The maximum atomic E-state index is 13.5. The average molecular weight is 682 g/mol. The number of rotatable bonds is 9. The fraction of sp³-hybridized carbons (Fsp3) is 0.484. The second-order valence-corrected chi connectivity index (χ2v) is 12.3. The zero-order valence-electron chi connectivity index (χ0n) is 25.6. The first-order valence-electron chi connectivity index (χ1n) is 14.7. The van der Waals surface area contributed by atoms with Gasteiger partial charge in [-0.2, -0.15) is 0 Å². The fourth-order valence-electron chi connectivity index (χ4n) is 5.59. The lowest BCUT2D eigenvalue weighted by Crippen LogP contribution is -2.67. The molecule has 47 heavy (non-hydrogen) atoms. The van der Waals surface area contributed by atoms with Gasteiger partial charge < -0.3 is 60.4 Å². The van der Waals surface area contributed by atoms with Crippen molar-refractivity contribution >= 4 is 35.0 Å². The number of hydrogen-bond donors (Lipinski definition) is 7. The second kappa shape index (κ2) is 14.0. The average Bonchev–Trinajstić information content (AvgIpc) is 3.60. The van der Waals surface area contributed by atoms with Gasteiger partial charge in [-0.05, 0) is 62.7 Å². The summed E-state index contributed by atoms with van der Waals surface area (Å²) in [7, 11) is 0. The molecule has 10 atom stereocenters. The van der Waals surface area contributed by atoms with Crippen LogP contribution in [0.3, 0.4) is 0 Å². The highest BCUT2D eigenvalue weighted by molar-refractivity contribution is 6.31. The molecule has 2 aromatic rings. The first-order valence-corrected chi connectivity index (χ1v) is 15.1. The number of carbonyl (C=O) groups is 1. The molecular formula is C31H37ClFN3O11. The summed E-state index contributed by atoms with van der Waals surface area (Å²) < 4.78 is 35.7. The van der Waals surface area contributed by atoms with Gasteiger partial charge in [-0.25, -0.2) is 4.39 Å². The highest BCUT2D eigenvalue weighted by Gasteiger charge is 2.55. The number of benzene rings is 2. The zero-order chi connectivity index (χ0) is 34.2. The SMILES string of the molecule is C/C(=N/OCc1cc(F)ccc1Cl)[C@H]1O[C@@H](Oc2ccc(/C=C(\C)C(=O)N[C@@H]3[C@H](O)[C@@H](O)[C@H]4OCO[C@H]4[C@@H]3O)cc2N)[C@](C)(O)[C@@H]1O. The van der Waals surface area contributed by atoms with Gasteiger partial charge in [0.25, 0.3) is 0 Å². The number of halogens is 2. The summed E-state index contributed by atoms with van der Waals surface area (Å²) in [5.41, 5.74) is 5.66. The Morgan fingerprint density at radius 1 is 1.13 bits per heavy atom. The summed E-state index contributed by atoms with van der Waals surface area (Å²) in [6, 6.07) is 7.17. The van der Waals surface area contributed by atoms with Gasteiger partial charge in [-0.3, -0.25) is 4.79 Å². The Morgan fingerprint density at radius 3 is 2.53 bits per heavy atom. The van der Waals surface area contributed by atoms with Gasteiger partial charge in [-0.15, -0.1) is 0 Å². The lowest BCUT2D eigenvalue weighted by Gasteiger charge is -2.41. The van der Waals surface area contributed by atoms with Crippen molar-refractivity contribution in [3.05, 3.63) is 63.9 Å². The van der Waals surface area contributed by atoms with E-state index in [-0.39, 0.29) is 36.1 Å². The van der Waals surface area contributed by atoms with Crippen molar-refractivity contribution in [2.45, 2.75) is 88.0 Å². The molecule has 0 aromatic heterocycles. The smallest absolute Gasteiger partial charge is 0.247 e. The number of fused-ring (bicyclic) bond motifs is 1. The number of aliphatic hydroxyl groups is 5. The van der Waals surface area contributed by atoms with Crippen molar-refractivity contribution in [2.75, 3.05) is 12.5 Å². The van der Waals surface area contributed by atoms with Gasteiger partial charge in [0, 0.05) is 16.2 Å².